The maximum atomic E-state index is 5.30. The van der Waals surface area contributed by atoms with Crippen LogP contribution in [0.3, 0.4) is 0 Å². The van der Waals surface area contributed by atoms with Crippen molar-refractivity contribution < 1.29 is 9.26 Å². The van der Waals surface area contributed by atoms with E-state index in [4.69, 9.17) is 9.26 Å². The lowest BCUT2D eigenvalue weighted by molar-refractivity contribution is 0.177. The Kier molecular flexibility index (Phi) is 5.35. The molecule has 3 rings (SSSR count). The first-order valence-electron chi connectivity index (χ1n) is 8.60. The quantitative estimate of drug-likeness (QED) is 0.812. The Bertz CT molecular complexity index is 633. The van der Waals surface area contributed by atoms with Gasteiger partial charge in [-0.15, -0.1) is 0 Å². The van der Waals surface area contributed by atoms with Crippen molar-refractivity contribution in [1.82, 2.24) is 15.0 Å². The van der Waals surface area contributed by atoms with Crippen molar-refractivity contribution in [3.05, 3.63) is 36.0 Å². The van der Waals surface area contributed by atoms with Crippen LogP contribution in [0.15, 0.2) is 28.8 Å². The zero-order chi connectivity index (χ0) is 16.9. The van der Waals surface area contributed by atoms with Crippen molar-refractivity contribution in [2.45, 2.75) is 38.8 Å². The van der Waals surface area contributed by atoms with Crippen molar-refractivity contribution >= 4 is 5.69 Å². The molecule has 6 heteroatoms. The highest BCUT2D eigenvalue weighted by atomic mass is 16.5. The van der Waals surface area contributed by atoms with Crippen LogP contribution < -0.4 is 9.64 Å². The van der Waals surface area contributed by atoms with Gasteiger partial charge in [0.1, 0.15) is 5.75 Å². The van der Waals surface area contributed by atoms with Crippen LogP contribution in [0.25, 0.3) is 0 Å². The highest BCUT2D eigenvalue weighted by Gasteiger charge is 2.23. The maximum absolute atomic E-state index is 5.30. The first kappa shape index (κ1) is 16.8. The summed E-state index contributed by atoms with van der Waals surface area (Å²) < 4.78 is 10.5. The number of aryl methyl sites for hydroxylation is 1. The SMILES string of the molecule is CCc1noc(CN(C)C2CCN(c3ccc(OC)cc3)CC2)n1. The summed E-state index contributed by atoms with van der Waals surface area (Å²) in [4.78, 5) is 9.17. The van der Waals surface area contributed by atoms with Gasteiger partial charge in [-0.2, -0.15) is 4.98 Å². The van der Waals surface area contributed by atoms with E-state index < -0.39 is 0 Å². The molecular formula is C18H26N4O2. The molecule has 0 saturated carbocycles. The summed E-state index contributed by atoms with van der Waals surface area (Å²) in [5, 5.41) is 3.97. The van der Waals surface area contributed by atoms with E-state index in [2.05, 4.69) is 39.1 Å². The Morgan fingerprint density at radius 3 is 2.54 bits per heavy atom. The summed E-state index contributed by atoms with van der Waals surface area (Å²) in [6.07, 6.45) is 3.09. The zero-order valence-electron chi connectivity index (χ0n) is 14.7. The van der Waals surface area contributed by atoms with E-state index in [1.165, 1.54) is 5.69 Å². The van der Waals surface area contributed by atoms with E-state index in [1.54, 1.807) is 7.11 Å². The molecule has 0 bridgehead atoms. The minimum atomic E-state index is 0.552. The Morgan fingerprint density at radius 1 is 1.25 bits per heavy atom. The van der Waals surface area contributed by atoms with E-state index in [-0.39, 0.29) is 0 Å². The third-order valence-corrected chi connectivity index (χ3v) is 4.74. The predicted octanol–water partition coefficient (Wildman–Crippen LogP) is 2.74. The van der Waals surface area contributed by atoms with Crippen LogP contribution in [0.4, 0.5) is 5.69 Å². The predicted molar refractivity (Wildman–Crippen MR) is 93.4 cm³/mol. The number of anilines is 1. The highest BCUT2D eigenvalue weighted by Crippen LogP contribution is 2.24. The van der Waals surface area contributed by atoms with Crippen LogP contribution in [0.1, 0.15) is 31.5 Å². The number of nitrogens with zero attached hydrogens (tertiary/aromatic N) is 4. The summed E-state index contributed by atoms with van der Waals surface area (Å²) in [5.74, 6) is 2.40. The Morgan fingerprint density at radius 2 is 1.96 bits per heavy atom. The summed E-state index contributed by atoms with van der Waals surface area (Å²) in [6, 6.07) is 8.86. The van der Waals surface area contributed by atoms with E-state index in [9.17, 15) is 0 Å². The summed E-state index contributed by atoms with van der Waals surface area (Å²) in [7, 11) is 3.84. The third kappa shape index (κ3) is 3.87. The van der Waals surface area contributed by atoms with Gasteiger partial charge in [-0.05, 0) is 44.2 Å². The van der Waals surface area contributed by atoms with Gasteiger partial charge in [0.2, 0.25) is 5.89 Å². The molecule has 0 spiro atoms. The molecule has 0 radical (unpaired) electrons. The number of benzene rings is 1. The number of rotatable bonds is 6. The molecule has 1 saturated heterocycles. The minimum Gasteiger partial charge on any atom is -0.497 e. The summed E-state index contributed by atoms with van der Waals surface area (Å²) >= 11 is 0. The fourth-order valence-corrected chi connectivity index (χ4v) is 3.20. The number of piperidine rings is 1. The van der Waals surface area contributed by atoms with Gasteiger partial charge in [0.05, 0.1) is 13.7 Å². The molecule has 1 aliphatic heterocycles. The highest BCUT2D eigenvalue weighted by molar-refractivity contribution is 5.49. The number of hydrogen-bond donors (Lipinski definition) is 0. The second-order valence-electron chi connectivity index (χ2n) is 6.29. The van der Waals surface area contributed by atoms with Gasteiger partial charge >= 0.3 is 0 Å². The van der Waals surface area contributed by atoms with Gasteiger partial charge in [0, 0.05) is 31.2 Å². The molecule has 2 heterocycles. The first-order chi connectivity index (χ1) is 11.7. The largest absolute Gasteiger partial charge is 0.497 e. The Hall–Kier alpha value is -2.08. The molecule has 0 aliphatic carbocycles. The molecule has 0 atom stereocenters. The fourth-order valence-electron chi connectivity index (χ4n) is 3.20. The molecule has 0 N–H and O–H groups in total. The molecule has 1 aliphatic rings. The Balaban J connectivity index is 1.52. The smallest absolute Gasteiger partial charge is 0.240 e. The van der Waals surface area contributed by atoms with Crippen LogP contribution in [-0.4, -0.2) is 48.3 Å². The number of methoxy groups -OCH3 is 1. The van der Waals surface area contributed by atoms with Gasteiger partial charge in [-0.25, -0.2) is 0 Å². The topological polar surface area (TPSA) is 54.6 Å². The van der Waals surface area contributed by atoms with Gasteiger partial charge < -0.3 is 14.2 Å². The average molecular weight is 330 g/mol. The van der Waals surface area contributed by atoms with Crippen molar-refractivity contribution in [3.63, 3.8) is 0 Å². The lowest BCUT2D eigenvalue weighted by Crippen LogP contribution is -2.43. The molecule has 24 heavy (non-hydrogen) atoms. The third-order valence-electron chi connectivity index (χ3n) is 4.74. The van der Waals surface area contributed by atoms with Gasteiger partial charge in [-0.3, -0.25) is 4.90 Å². The standard InChI is InChI=1S/C18H26N4O2/c1-4-17-19-18(24-20-17)13-21(2)14-9-11-22(12-10-14)15-5-7-16(23-3)8-6-15/h5-8,14H,4,9-13H2,1-3H3. The van der Waals surface area contributed by atoms with Crippen molar-refractivity contribution in [2.24, 2.45) is 0 Å². The molecule has 0 amide bonds. The zero-order valence-corrected chi connectivity index (χ0v) is 14.7. The van der Waals surface area contributed by atoms with Crippen LogP contribution in [-0.2, 0) is 13.0 Å². The second-order valence-corrected chi connectivity index (χ2v) is 6.29. The molecule has 6 nitrogen and oxygen atoms in total. The molecule has 1 fully saturated rings. The van der Waals surface area contributed by atoms with Crippen LogP contribution in [0.2, 0.25) is 0 Å². The molecule has 0 unspecified atom stereocenters. The first-order valence-corrected chi connectivity index (χ1v) is 8.60. The summed E-state index contributed by atoms with van der Waals surface area (Å²) in [5.41, 5.74) is 1.27. The van der Waals surface area contributed by atoms with E-state index in [0.717, 1.165) is 50.5 Å². The number of aromatic nitrogens is 2. The fraction of sp³-hybridized carbons (Fsp3) is 0.556. The normalized spacial score (nSPS) is 15.9. The van der Waals surface area contributed by atoms with Crippen LogP contribution in [0, 0.1) is 0 Å². The average Bonchev–Trinajstić information content (AvgIpc) is 3.09. The number of ether oxygens (including phenoxy) is 1. The van der Waals surface area contributed by atoms with Crippen LogP contribution in [0.5, 0.6) is 5.75 Å². The van der Waals surface area contributed by atoms with Crippen LogP contribution >= 0.6 is 0 Å². The molecule has 130 valence electrons. The van der Waals surface area contributed by atoms with Crippen molar-refractivity contribution in [3.8, 4) is 5.75 Å². The molecule has 1 aromatic carbocycles. The number of hydrogen-bond acceptors (Lipinski definition) is 6. The Labute approximate surface area is 143 Å². The lowest BCUT2D eigenvalue weighted by Gasteiger charge is -2.37. The molecule has 1 aromatic heterocycles. The van der Waals surface area contributed by atoms with Gasteiger partial charge in [-0.1, -0.05) is 12.1 Å². The minimum absolute atomic E-state index is 0.552. The lowest BCUT2D eigenvalue weighted by atomic mass is 10.0. The molecule has 2 aromatic rings. The van der Waals surface area contributed by atoms with Crippen molar-refractivity contribution in [1.29, 1.82) is 0 Å². The van der Waals surface area contributed by atoms with Gasteiger partial charge in [0.25, 0.3) is 0 Å². The summed E-state index contributed by atoms with van der Waals surface area (Å²) in [6.45, 7) is 4.88. The van der Waals surface area contributed by atoms with Crippen molar-refractivity contribution in [2.75, 3.05) is 32.1 Å². The van der Waals surface area contributed by atoms with E-state index >= 15 is 0 Å². The van der Waals surface area contributed by atoms with E-state index in [0.29, 0.717) is 11.9 Å². The van der Waals surface area contributed by atoms with Gasteiger partial charge in [0.15, 0.2) is 5.82 Å². The van der Waals surface area contributed by atoms with E-state index in [1.807, 2.05) is 19.1 Å². The molecular weight excluding hydrogens is 304 g/mol. The maximum Gasteiger partial charge on any atom is 0.240 e. The second kappa shape index (κ2) is 7.66. The monoisotopic (exact) mass is 330 g/mol.